The van der Waals surface area contributed by atoms with E-state index < -0.39 is 11.3 Å². The molecular formula is C32H38N8O2. The molecule has 1 fully saturated rings. The molecule has 3 atom stereocenters. The van der Waals surface area contributed by atoms with Gasteiger partial charge < -0.3 is 21.7 Å². The van der Waals surface area contributed by atoms with Crippen LogP contribution in [0.4, 0.5) is 0 Å². The topological polar surface area (TPSA) is 159 Å². The Bertz CT molecular complexity index is 1590. The molecule has 1 amide bonds. The minimum atomic E-state index is -0.872. The lowest BCUT2D eigenvalue weighted by molar-refractivity contribution is 0.1000. The Hall–Kier alpha value is -4.62. The number of benzene rings is 2. The number of nitrogens with zero attached hydrogens (tertiary/aromatic N) is 4. The molecule has 2 unspecified atom stereocenters. The van der Waals surface area contributed by atoms with E-state index in [4.69, 9.17) is 16.6 Å². The van der Waals surface area contributed by atoms with Gasteiger partial charge in [0.25, 0.3) is 0 Å². The molecule has 0 saturated carbocycles. The predicted molar refractivity (Wildman–Crippen MR) is 162 cm³/mol. The van der Waals surface area contributed by atoms with Crippen LogP contribution in [0.5, 0.6) is 0 Å². The molecule has 2 aromatic carbocycles. The summed E-state index contributed by atoms with van der Waals surface area (Å²) in [6.45, 7) is 11.6. The number of carbonyl (C=O) groups excluding carboxylic acids is 1. The van der Waals surface area contributed by atoms with Crippen molar-refractivity contribution in [2.75, 3.05) is 13.1 Å². The molecular weight excluding hydrogens is 528 g/mol. The van der Waals surface area contributed by atoms with Crippen LogP contribution < -0.4 is 22.5 Å². The second-order valence-electron chi connectivity index (χ2n) is 11.5. The quantitative estimate of drug-likeness (QED) is 0.310. The molecule has 1 saturated heterocycles. The number of rotatable bonds is 9. The van der Waals surface area contributed by atoms with Gasteiger partial charge >= 0.3 is 5.69 Å². The van der Waals surface area contributed by atoms with E-state index in [1.165, 1.54) is 4.68 Å². The second-order valence-corrected chi connectivity index (χ2v) is 11.5. The normalized spacial score (nSPS) is 20.2. The first-order chi connectivity index (χ1) is 20.0. The number of H-pyrrole nitrogens is 1. The number of amides is 1. The van der Waals surface area contributed by atoms with Gasteiger partial charge in [0.15, 0.2) is 0 Å². The number of aromatic nitrogens is 3. The maximum Gasteiger partial charge on any atom is 0.343 e. The van der Waals surface area contributed by atoms with Crippen LogP contribution >= 0.6 is 0 Å². The fourth-order valence-corrected chi connectivity index (χ4v) is 6.57. The lowest BCUT2D eigenvalue weighted by atomic mass is 9.67. The highest BCUT2D eigenvalue weighted by Crippen LogP contribution is 2.47. The fraction of sp³-hybridized carbons (Fsp3) is 0.375. The Morgan fingerprint density at radius 2 is 1.83 bits per heavy atom. The number of fused-ring (bicyclic) bond motifs is 2. The summed E-state index contributed by atoms with van der Waals surface area (Å²) in [5.41, 5.74) is 17.2. The van der Waals surface area contributed by atoms with E-state index in [1.807, 2.05) is 18.2 Å². The molecule has 6 N–H and O–H groups in total. The van der Waals surface area contributed by atoms with Gasteiger partial charge in [0.05, 0.1) is 11.5 Å². The number of nitrogens with two attached hydrogens (primary N) is 2. The van der Waals surface area contributed by atoms with Crippen LogP contribution in [0.2, 0.25) is 0 Å². The van der Waals surface area contributed by atoms with Gasteiger partial charge in [-0.3, -0.25) is 9.78 Å². The summed E-state index contributed by atoms with van der Waals surface area (Å²) in [6, 6.07) is 13.8. The van der Waals surface area contributed by atoms with Crippen molar-refractivity contribution in [2.24, 2.45) is 18.5 Å². The van der Waals surface area contributed by atoms with Crippen molar-refractivity contribution in [1.82, 2.24) is 25.0 Å². The van der Waals surface area contributed by atoms with Crippen molar-refractivity contribution >= 4 is 11.6 Å². The summed E-state index contributed by atoms with van der Waals surface area (Å²) in [6.07, 6.45) is 3.70. The van der Waals surface area contributed by atoms with Gasteiger partial charge in [-0.1, -0.05) is 31.4 Å². The van der Waals surface area contributed by atoms with E-state index in [-0.39, 0.29) is 17.8 Å². The number of nitriles is 1. The summed E-state index contributed by atoms with van der Waals surface area (Å²) in [5, 5.41) is 17.9. The van der Waals surface area contributed by atoms with Crippen LogP contribution in [-0.2, 0) is 25.3 Å². The molecule has 0 radical (unpaired) electrons. The number of primary amides is 1. The van der Waals surface area contributed by atoms with Crippen LogP contribution in [-0.4, -0.2) is 50.7 Å². The van der Waals surface area contributed by atoms with Crippen molar-refractivity contribution < 1.29 is 4.79 Å². The minimum Gasteiger partial charge on any atom is -0.399 e. The Morgan fingerprint density at radius 1 is 1.19 bits per heavy atom. The molecule has 1 aliphatic carbocycles. The molecule has 3 aromatic rings. The molecule has 2 heterocycles. The number of hydrogen-bond donors (Lipinski definition) is 4. The van der Waals surface area contributed by atoms with E-state index >= 15 is 0 Å². The summed E-state index contributed by atoms with van der Waals surface area (Å²) in [4.78, 5) is 30.1. The van der Waals surface area contributed by atoms with Gasteiger partial charge in [-0.15, -0.1) is 0 Å². The first-order valence-electron chi connectivity index (χ1n) is 14.3. The Labute approximate surface area is 245 Å². The average Bonchev–Trinajstić information content (AvgIpc) is 3.56. The molecule has 10 nitrogen and oxygen atoms in total. The first kappa shape index (κ1) is 28.9. The van der Waals surface area contributed by atoms with Gasteiger partial charge in [0.1, 0.15) is 11.9 Å². The average molecular weight is 567 g/mol. The number of carbonyl (C=O) groups is 1. The third-order valence-corrected chi connectivity index (χ3v) is 8.70. The molecule has 218 valence electrons. The predicted octanol–water partition coefficient (Wildman–Crippen LogP) is 2.44. The Balaban J connectivity index is 1.64. The summed E-state index contributed by atoms with van der Waals surface area (Å²) >= 11 is 0. The fourth-order valence-electron chi connectivity index (χ4n) is 6.57. The van der Waals surface area contributed by atoms with Crippen LogP contribution in [0.1, 0.15) is 70.2 Å². The van der Waals surface area contributed by atoms with E-state index in [0.29, 0.717) is 42.9 Å². The molecule has 10 heteroatoms. The monoisotopic (exact) mass is 566 g/mol. The summed E-state index contributed by atoms with van der Waals surface area (Å²) in [5.74, 6) is 0.0198. The smallest absolute Gasteiger partial charge is 0.343 e. The van der Waals surface area contributed by atoms with Gasteiger partial charge in [0.2, 0.25) is 5.91 Å². The first-order valence-corrected chi connectivity index (χ1v) is 14.3. The van der Waals surface area contributed by atoms with Gasteiger partial charge in [-0.2, -0.15) is 10.4 Å². The molecule has 1 aliphatic heterocycles. The lowest BCUT2D eigenvalue weighted by Gasteiger charge is -2.37. The number of likely N-dealkylation sites (tertiary alicyclic amines) is 1. The highest BCUT2D eigenvalue weighted by atomic mass is 16.2. The molecule has 1 aromatic heterocycles. The standard InChI is InChI=1S/C32H38N8O2/c1-19(36-18-20(2)40-13-5-6-26(40)17-33)16-32(30-37-31(42)39(4)38-30)27-11-9-22(21(3)34)14-23(27)7-8-24-15-25(29(35)41)10-12-28(24)32/h9-12,14-15,19,26,36H,2-3,5-8,13,16,18,34H2,1,4H3,(H2,35,41)(H,37,38,42)/t19-,26?,32?/m1/s1. The van der Waals surface area contributed by atoms with E-state index in [9.17, 15) is 14.9 Å². The maximum atomic E-state index is 12.8. The zero-order valence-electron chi connectivity index (χ0n) is 24.2. The Kier molecular flexibility index (Phi) is 7.80. The van der Waals surface area contributed by atoms with Crippen molar-refractivity contribution in [3.05, 3.63) is 105 Å². The third kappa shape index (κ3) is 5.12. The van der Waals surface area contributed by atoms with Crippen molar-refractivity contribution in [1.29, 1.82) is 5.26 Å². The molecule has 5 rings (SSSR count). The van der Waals surface area contributed by atoms with E-state index in [0.717, 1.165) is 52.9 Å². The third-order valence-electron chi connectivity index (χ3n) is 8.70. The number of hydrogen-bond acceptors (Lipinski definition) is 7. The van der Waals surface area contributed by atoms with Crippen LogP contribution in [0.15, 0.2) is 60.0 Å². The zero-order chi connectivity index (χ0) is 30.2. The molecule has 2 aliphatic rings. The second kappa shape index (κ2) is 11.3. The highest BCUT2D eigenvalue weighted by molar-refractivity contribution is 5.93. The molecule has 0 spiro atoms. The van der Waals surface area contributed by atoms with Crippen LogP contribution in [0.25, 0.3) is 5.70 Å². The van der Waals surface area contributed by atoms with Crippen molar-refractivity contribution in [3.8, 4) is 6.07 Å². The van der Waals surface area contributed by atoms with Crippen molar-refractivity contribution in [3.63, 3.8) is 0 Å². The summed E-state index contributed by atoms with van der Waals surface area (Å²) < 4.78 is 1.31. The number of aryl methyl sites for hydroxylation is 3. The minimum absolute atomic E-state index is 0.0748. The number of nitrogens with one attached hydrogen (secondary N) is 2. The maximum absolute atomic E-state index is 12.8. The number of aromatic amines is 1. The van der Waals surface area contributed by atoms with E-state index in [1.54, 1.807) is 13.1 Å². The zero-order valence-corrected chi connectivity index (χ0v) is 24.2. The van der Waals surface area contributed by atoms with Gasteiger partial charge in [0, 0.05) is 43.1 Å². The lowest BCUT2D eigenvalue weighted by Crippen LogP contribution is -2.42. The highest BCUT2D eigenvalue weighted by Gasteiger charge is 2.45. The largest absolute Gasteiger partial charge is 0.399 e. The molecule has 42 heavy (non-hydrogen) atoms. The van der Waals surface area contributed by atoms with Crippen LogP contribution in [0.3, 0.4) is 0 Å². The van der Waals surface area contributed by atoms with Crippen LogP contribution in [0, 0.1) is 11.3 Å². The molecule has 0 bridgehead atoms. The Morgan fingerprint density at radius 3 is 2.40 bits per heavy atom. The van der Waals surface area contributed by atoms with Gasteiger partial charge in [-0.25, -0.2) is 9.48 Å². The van der Waals surface area contributed by atoms with Crippen molar-refractivity contribution in [2.45, 2.75) is 56.5 Å². The summed E-state index contributed by atoms with van der Waals surface area (Å²) in [7, 11) is 1.62. The van der Waals surface area contributed by atoms with E-state index in [2.05, 4.69) is 53.5 Å². The van der Waals surface area contributed by atoms with Gasteiger partial charge in [-0.05, 0) is 85.0 Å². The SMILES string of the molecule is C=C(N)c1ccc2c(c1)CCc1cc(C(N)=O)ccc1C2(C[C@@H](C)NCC(=C)N1CCCC1C#N)c1nn(C)c(=O)[nH]1.